The van der Waals surface area contributed by atoms with Crippen molar-refractivity contribution >= 4 is 5.91 Å². The van der Waals surface area contributed by atoms with Crippen molar-refractivity contribution in [2.45, 2.75) is 64.3 Å². The first kappa shape index (κ1) is 13.9. The van der Waals surface area contributed by atoms with Crippen LogP contribution in [0.15, 0.2) is 0 Å². The minimum absolute atomic E-state index is 0.119. The monoisotopic (exact) mass is 252 g/mol. The van der Waals surface area contributed by atoms with Gasteiger partial charge in [-0.05, 0) is 38.8 Å². The first-order valence-electron chi connectivity index (χ1n) is 7.61. The lowest BCUT2D eigenvalue weighted by Crippen LogP contribution is -2.49. The minimum Gasteiger partial charge on any atom is -0.342 e. The molecule has 0 aromatic carbocycles. The van der Waals surface area contributed by atoms with Crippen LogP contribution in [0.4, 0.5) is 0 Å². The number of carbonyl (C=O) groups is 1. The van der Waals surface area contributed by atoms with Crippen LogP contribution in [0.2, 0.25) is 0 Å². The van der Waals surface area contributed by atoms with E-state index in [1.807, 2.05) is 7.05 Å². The van der Waals surface area contributed by atoms with Crippen LogP contribution in [0.1, 0.15) is 58.3 Å². The first-order valence-corrected chi connectivity index (χ1v) is 7.61. The predicted octanol–water partition coefficient (Wildman–Crippen LogP) is 2.56. The van der Waals surface area contributed by atoms with E-state index in [1.54, 1.807) is 0 Å². The summed E-state index contributed by atoms with van der Waals surface area (Å²) < 4.78 is 0. The van der Waals surface area contributed by atoms with Crippen LogP contribution >= 0.6 is 0 Å². The van der Waals surface area contributed by atoms with Gasteiger partial charge in [0.25, 0.3) is 0 Å². The van der Waals surface area contributed by atoms with Gasteiger partial charge >= 0.3 is 0 Å². The summed E-state index contributed by atoms with van der Waals surface area (Å²) in [5.41, 5.74) is -0.119. The maximum Gasteiger partial charge on any atom is 0.228 e. The fourth-order valence-corrected chi connectivity index (χ4v) is 3.43. The Morgan fingerprint density at radius 1 is 1.11 bits per heavy atom. The number of carbonyl (C=O) groups excluding carboxylic acids is 1. The van der Waals surface area contributed by atoms with Crippen molar-refractivity contribution in [1.82, 2.24) is 10.2 Å². The lowest BCUT2D eigenvalue weighted by molar-refractivity contribution is -0.143. The van der Waals surface area contributed by atoms with E-state index in [4.69, 9.17) is 0 Å². The molecule has 1 aliphatic carbocycles. The van der Waals surface area contributed by atoms with Crippen LogP contribution in [0.25, 0.3) is 0 Å². The van der Waals surface area contributed by atoms with Crippen molar-refractivity contribution in [3.63, 3.8) is 0 Å². The van der Waals surface area contributed by atoms with E-state index in [2.05, 4.69) is 17.1 Å². The largest absolute Gasteiger partial charge is 0.342 e. The summed E-state index contributed by atoms with van der Waals surface area (Å²) in [5, 5.41) is 3.35. The number of rotatable bonds is 2. The summed E-state index contributed by atoms with van der Waals surface area (Å²) in [5.74, 6) is 0.385. The topological polar surface area (TPSA) is 32.3 Å². The zero-order valence-electron chi connectivity index (χ0n) is 12.0. The molecule has 0 aromatic heterocycles. The molecular formula is C15H28N2O. The third-order valence-corrected chi connectivity index (χ3v) is 4.92. The van der Waals surface area contributed by atoms with Gasteiger partial charge in [-0.3, -0.25) is 4.79 Å². The molecule has 104 valence electrons. The standard InChI is InChI=1S/C15H28N2O/c1-15(9-11-16-12-10-15)14(18)17(2)13-7-5-3-4-6-8-13/h13,16H,3-12H2,1-2H3. The smallest absolute Gasteiger partial charge is 0.228 e. The fraction of sp³-hybridized carbons (Fsp3) is 0.933. The van der Waals surface area contributed by atoms with Crippen molar-refractivity contribution in [2.24, 2.45) is 5.41 Å². The van der Waals surface area contributed by atoms with E-state index in [-0.39, 0.29) is 5.41 Å². The SMILES string of the molecule is CN(C(=O)C1(C)CCNCC1)C1CCCCCC1. The molecule has 1 saturated carbocycles. The van der Waals surface area contributed by atoms with Crippen LogP contribution < -0.4 is 5.32 Å². The summed E-state index contributed by atoms with van der Waals surface area (Å²) >= 11 is 0. The molecule has 2 rings (SSSR count). The highest BCUT2D eigenvalue weighted by Gasteiger charge is 2.38. The number of amides is 1. The van der Waals surface area contributed by atoms with E-state index < -0.39 is 0 Å². The quantitative estimate of drug-likeness (QED) is 0.766. The van der Waals surface area contributed by atoms with E-state index in [9.17, 15) is 4.79 Å². The molecule has 0 aromatic rings. The van der Waals surface area contributed by atoms with Crippen LogP contribution in [0.3, 0.4) is 0 Å². The predicted molar refractivity (Wildman–Crippen MR) is 74.5 cm³/mol. The summed E-state index contributed by atoms with van der Waals surface area (Å²) in [6.45, 7) is 4.13. The second-order valence-electron chi connectivity index (χ2n) is 6.37. The Bertz CT molecular complexity index is 276. The molecule has 18 heavy (non-hydrogen) atoms. The minimum atomic E-state index is -0.119. The van der Waals surface area contributed by atoms with Crippen LogP contribution in [-0.2, 0) is 4.79 Å². The van der Waals surface area contributed by atoms with Crippen molar-refractivity contribution in [1.29, 1.82) is 0 Å². The molecule has 2 aliphatic rings. The van der Waals surface area contributed by atoms with Gasteiger partial charge in [0.1, 0.15) is 0 Å². The Morgan fingerprint density at radius 3 is 2.22 bits per heavy atom. The Hall–Kier alpha value is -0.570. The number of hydrogen-bond donors (Lipinski definition) is 1. The summed E-state index contributed by atoms with van der Waals surface area (Å²) in [6.07, 6.45) is 9.67. The maximum atomic E-state index is 12.7. The lowest BCUT2D eigenvalue weighted by atomic mass is 9.79. The molecule has 1 saturated heterocycles. The van der Waals surface area contributed by atoms with Crippen LogP contribution in [0, 0.1) is 5.41 Å². The van der Waals surface area contributed by atoms with E-state index in [0.717, 1.165) is 25.9 Å². The molecule has 0 radical (unpaired) electrons. The van der Waals surface area contributed by atoms with Crippen LogP contribution in [-0.4, -0.2) is 37.0 Å². The molecule has 3 heteroatoms. The molecule has 2 fully saturated rings. The summed E-state index contributed by atoms with van der Waals surface area (Å²) in [4.78, 5) is 14.8. The highest BCUT2D eigenvalue weighted by molar-refractivity contribution is 5.82. The maximum absolute atomic E-state index is 12.7. The molecule has 0 spiro atoms. The first-order chi connectivity index (χ1) is 8.63. The zero-order valence-corrected chi connectivity index (χ0v) is 12.0. The van der Waals surface area contributed by atoms with Gasteiger partial charge in [-0.2, -0.15) is 0 Å². The Balaban J connectivity index is 1.97. The van der Waals surface area contributed by atoms with Crippen LogP contribution in [0.5, 0.6) is 0 Å². The third-order valence-electron chi connectivity index (χ3n) is 4.92. The highest BCUT2D eigenvalue weighted by atomic mass is 16.2. The molecule has 0 unspecified atom stereocenters. The molecular weight excluding hydrogens is 224 g/mol. The van der Waals surface area contributed by atoms with E-state index >= 15 is 0 Å². The zero-order chi connectivity index (χ0) is 13.0. The normalized spacial score (nSPS) is 25.4. The molecule has 0 bridgehead atoms. The Labute approximate surface area is 111 Å². The molecule has 1 amide bonds. The van der Waals surface area contributed by atoms with Gasteiger partial charge in [0, 0.05) is 18.5 Å². The van der Waals surface area contributed by atoms with Crippen molar-refractivity contribution in [2.75, 3.05) is 20.1 Å². The second kappa shape index (κ2) is 6.05. The fourth-order valence-electron chi connectivity index (χ4n) is 3.43. The number of hydrogen-bond acceptors (Lipinski definition) is 2. The number of nitrogens with one attached hydrogen (secondary N) is 1. The number of nitrogens with zero attached hydrogens (tertiary/aromatic N) is 1. The van der Waals surface area contributed by atoms with Gasteiger partial charge in [-0.1, -0.05) is 32.6 Å². The average molecular weight is 252 g/mol. The van der Waals surface area contributed by atoms with E-state index in [0.29, 0.717) is 11.9 Å². The van der Waals surface area contributed by atoms with Gasteiger partial charge in [-0.25, -0.2) is 0 Å². The second-order valence-corrected chi connectivity index (χ2v) is 6.37. The van der Waals surface area contributed by atoms with Crippen molar-refractivity contribution in [3.05, 3.63) is 0 Å². The Kier molecular flexibility index (Phi) is 4.66. The van der Waals surface area contributed by atoms with Gasteiger partial charge in [0.2, 0.25) is 5.91 Å². The molecule has 3 nitrogen and oxygen atoms in total. The van der Waals surface area contributed by atoms with Gasteiger partial charge in [-0.15, -0.1) is 0 Å². The molecule has 1 aliphatic heterocycles. The van der Waals surface area contributed by atoms with Crippen molar-refractivity contribution in [3.8, 4) is 0 Å². The van der Waals surface area contributed by atoms with Crippen molar-refractivity contribution < 1.29 is 4.79 Å². The van der Waals surface area contributed by atoms with E-state index in [1.165, 1.54) is 38.5 Å². The third kappa shape index (κ3) is 3.05. The van der Waals surface area contributed by atoms with Gasteiger partial charge in [0.05, 0.1) is 0 Å². The number of piperidine rings is 1. The lowest BCUT2D eigenvalue weighted by Gasteiger charge is -2.39. The summed E-state index contributed by atoms with van der Waals surface area (Å²) in [6, 6.07) is 0.492. The van der Waals surface area contributed by atoms with Gasteiger partial charge in [0.15, 0.2) is 0 Å². The summed E-state index contributed by atoms with van der Waals surface area (Å²) in [7, 11) is 2.03. The molecule has 1 heterocycles. The average Bonchev–Trinajstić information content (AvgIpc) is 2.66. The molecule has 0 atom stereocenters. The molecule has 1 N–H and O–H groups in total. The highest BCUT2D eigenvalue weighted by Crippen LogP contribution is 2.32. The van der Waals surface area contributed by atoms with Gasteiger partial charge < -0.3 is 10.2 Å². The Morgan fingerprint density at radius 2 is 1.67 bits per heavy atom.